The summed E-state index contributed by atoms with van der Waals surface area (Å²) in [5.41, 5.74) is 6.55. The van der Waals surface area contributed by atoms with Gasteiger partial charge in [0, 0.05) is 29.0 Å². The van der Waals surface area contributed by atoms with Gasteiger partial charge in [0.25, 0.3) is 0 Å². The molecule has 36 heavy (non-hydrogen) atoms. The molecule has 1 aliphatic heterocycles. The number of aryl methyl sites for hydroxylation is 1. The van der Waals surface area contributed by atoms with E-state index >= 15 is 0 Å². The normalized spacial score (nSPS) is 17.2. The van der Waals surface area contributed by atoms with Crippen LogP contribution in [0.15, 0.2) is 79.0 Å². The minimum absolute atomic E-state index is 0.0801. The highest BCUT2D eigenvalue weighted by Crippen LogP contribution is 2.44. The summed E-state index contributed by atoms with van der Waals surface area (Å²) < 4.78 is 13.3. The first kappa shape index (κ1) is 23.9. The van der Waals surface area contributed by atoms with Gasteiger partial charge in [0.05, 0.1) is 31.5 Å². The molecule has 0 bridgehead atoms. The van der Waals surface area contributed by atoms with E-state index in [4.69, 9.17) is 21.7 Å². The highest BCUT2D eigenvalue weighted by molar-refractivity contribution is 7.80. The standard InChI is InChI=1S/C29H30N4O2S/c1-5-35-24-15-11-22(12-16-24)33-28(27(31-29(33)36)26-8-6-7-17-30-26)25-18-19(2)32(20(25)3)21-9-13-23(34-4)14-10-21/h6-18,27-28H,5H2,1-4H3,(H,31,36)/t27-,28-/m0/s1. The van der Waals surface area contributed by atoms with Crippen LogP contribution in [0.3, 0.4) is 0 Å². The van der Waals surface area contributed by atoms with Crippen LogP contribution < -0.4 is 19.7 Å². The lowest BCUT2D eigenvalue weighted by Gasteiger charge is -2.28. The summed E-state index contributed by atoms with van der Waals surface area (Å²) in [5.74, 6) is 1.68. The minimum Gasteiger partial charge on any atom is -0.497 e. The number of hydrogen-bond donors (Lipinski definition) is 1. The third-order valence-electron chi connectivity index (χ3n) is 6.64. The quantitative estimate of drug-likeness (QED) is 0.312. The summed E-state index contributed by atoms with van der Waals surface area (Å²) in [6, 6.07) is 24.3. The van der Waals surface area contributed by atoms with Crippen LogP contribution in [0.2, 0.25) is 0 Å². The molecular weight excluding hydrogens is 468 g/mol. The zero-order valence-electron chi connectivity index (χ0n) is 20.9. The number of benzene rings is 2. The average Bonchev–Trinajstić information content (AvgIpc) is 3.40. The monoisotopic (exact) mass is 498 g/mol. The van der Waals surface area contributed by atoms with Crippen LogP contribution in [-0.2, 0) is 0 Å². The number of methoxy groups -OCH3 is 1. The predicted molar refractivity (Wildman–Crippen MR) is 147 cm³/mol. The van der Waals surface area contributed by atoms with Crippen molar-refractivity contribution in [3.05, 3.63) is 102 Å². The van der Waals surface area contributed by atoms with E-state index in [0.717, 1.165) is 40.0 Å². The van der Waals surface area contributed by atoms with Crippen molar-refractivity contribution in [2.75, 3.05) is 18.6 Å². The van der Waals surface area contributed by atoms with E-state index in [1.807, 2.05) is 49.5 Å². The first-order valence-electron chi connectivity index (χ1n) is 12.1. The van der Waals surface area contributed by atoms with Crippen LogP contribution in [-0.4, -0.2) is 28.4 Å². The molecular formula is C29H30N4O2S. The smallest absolute Gasteiger partial charge is 0.174 e. The van der Waals surface area contributed by atoms with E-state index in [-0.39, 0.29) is 12.1 Å². The largest absolute Gasteiger partial charge is 0.497 e. The summed E-state index contributed by atoms with van der Waals surface area (Å²) in [6.45, 7) is 6.92. The van der Waals surface area contributed by atoms with Gasteiger partial charge >= 0.3 is 0 Å². The molecule has 1 aliphatic rings. The number of pyridine rings is 1. The van der Waals surface area contributed by atoms with Gasteiger partial charge in [-0.05, 0) is 105 Å². The first-order chi connectivity index (χ1) is 17.5. The number of thiocarbonyl (C=S) groups is 1. The third-order valence-corrected chi connectivity index (χ3v) is 6.96. The summed E-state index contributed by atoms with van der Waals surface area (Å²) in [6.07, 6.45) is 1.83. The molecule has 2 atom stereocenters. The zero-order valence-corrected chi connectivity index (χ0v) is 21.8. The van der Waals surface area contributed by atoms with E-state index in [1.54, 1.807) is 7.11 Å². The molecule has 0 spiro atoms. The Balaban J connectivity index is 1.62. The van der Waals surface area contributed by atoms with E-state index in [0.29, 0.717) is 11.7 Å². The molecule has 0 radical (unpaired) electrons. The second-order valence-electron chi connectivity index (χ2n) is 8.78. The number of ether oxygens (including phenoxy) is 2. The van der Waals surface area contributed by atoms with Gasteiger partial charge in [-0.3, -0.25) is 4.98 Å². The van der Waals surface area contributed by atoms with Gasteiger partial charge in [-0.2, -0.15) is 0 Å². The van der Waals surface area contributed by atoms with Crippen LogP contribution in [0.1, 0.15) is 41.7 Å². The first-order valence-corrected chi connectivity index (χ1v) is 12.5. The Morgan fingerprint density at radius 3 is 2.28 bits per heavy atom. The second-order valence-corrected chi connectivity index (χ2v) is 9.17. The Labute approximate surface area is 217 Å². The van der Waals surface area contributed by atoms with E-state index in [9.17, 15) is 0 Å². The lowest BCUT2D eigenvalue weighted by molar-refractivity contribution is 0.340. The SMILES string of the molecule is CCOc1ccc(N2C(=S)N[C@@H](c3ccccn3)[C@@H]2c2cc(C)n(-c3ccc(OC)cc3)c2C)cc1. The van der Waals surface area contributed by atoms with Crippen LogP contribution in [0.25, 0.3) is 5.69 Å². The molecule has 0 saturated carbocycles. The number of anilines is 1. The van der Waals surface area contributed by atoms with Gasteiger partial charge in [0.15, 0.2) is 5.11 Å². The van der Waals surface area contributed by atoms with E-state index < -0.39 is 0 Å². The number of hydrogen-bond acceptors (Lipinski definition) is 4. The molecule has 2 aromatic heterocycles. The Kier molecular flexibility index (Phi) is 6.65. The predicted octanol–water partition coefficient (Wildman–Crippen LogP) is 6.07. The number of nitrogens with one attached hydrogen (secondary N) is 1. The zero-order chi connectivity index (χ0) is 25.2. The molecule has 184 valence electrons. The van der Waals surface area contributed by atoms with Gasteiger partial charge in [-0.1, -0.05) is 6.07 Å². The van der Waals surface area contributed by atoms with Crippen molar-refractivity contribution in [2.45, 2.75) is 32.9 Å². The van der Waals surface area contributed by atoms with Gasteiger partial charge in [0.1, 0.15) is 11.5 Å². The molecule has 0 amide bonds. The Bertz CT molecular complexity index is 1350. The third kappa shape index (κ3) is 4.31. The van der Waals surface area contributed by atoms with Crippen molar-refractivity contribution in [3.8, 4) is 17.2 Å². The molecule has 7 heteroatoms. The van der Waals surface area contributed by atoms with Crippen molar-refractivity contribution in [3.63, 3.8) is 0 Å². The minimum atomic E-state index is -0.102. The maximum atomic E-state index is 5.90. The lowest BCUT2D eigenvalue weighted by Crippen LogP contribution is -2.29. The molecule has 6 nitrogen and oxygen atoms in total. The van der Waals surface area contributed by atoms with Crippen molar-refractivity contribution in [1.82, 2.24) is 14.9 Å². The van der Waals surface area contributed by atoms with Gasteiger partial charge in [-0.25, -0.2) is 0 Å². The van der Waals surface area contributed by atoms with Crippen molar-refractivity contribution < 1.29 is 9.47 Å². The van der Waals surface area contributed by atoms with Crippen LogP contribution in [0.4, 0.5) is 5.69 Å². The van der Waals surface area contributed by atoms with Crippen LogP contribution in [0.5, 0.6) is 11.5 Å². The molecule has 0 aliphatic carbocycles. The topological polar surface area (TPSA) is 51.5 Å². The van der Waals surface area contributed by atoms with Gasteiger partial charge in [0.2, 0.25) is 0 Å². The Morgan fingerprint density at radius 1 is 0.944 bits per heavy atom. The highest BCUT2D eigenvalue weighted by atomic mass is 32.1. The molecule has 1 N–H and O–H groups in total. The van der Waals surface area contributed by atoms with Crippen molar-refractivity contribution >= 4 is 23.0 Å². The van der Waals surface area contributed by atoms with Crippen LogP contribution >= 0.6 is 12.2 Å². The maximum Gasteiger partial charge on any atom is 0.174 e. The van der Waals surface area contributed by atoms with E-state index in [1.165, 1.54) is 5.56 Å². The summed E-state index contributed by atoms with van der Waals surface area (Å²) >= 11 is 5.90. The Hall–Kier alpha value is -3.84. The van der Waals surface area contributed by atoms with Crippen molar-refractivity contribution in [1.29, 1.82) is 0 Å². The van der Waals surface area contributed by atoms with E-state index in [2.05, 4.69) is 70.0 Å². The van der Waals surface area contributed by atoms with Crippen molar-refractivity contribution in [2.24, 2.45) is 0 Å². The molecule has 1 saturated heterocycles. The Morgan fingerprint density at radius 2 is 1.64 bits per heavy atom. The van der Waals surface area contributed by atoms with Gasteiger partial charge in [-0.15, -0.1) is 0 Å². The fraction of sp³-hybridized carbons (Fsp3) is 0.241. The average molecular weight is 499 g/mol. The summed E-state index contributed by atoms with van der Waals surface area (Å²) in [4.78, 5) is 6.88. The van der Waals surface area contributed by atoms with Gasteiger partial charge < -0.3 is 24.3 Å². The number of aromatic nitrogens is 2. The molecule has 0 unspecified atom stereocenters. The maximum absolute atomic E-state index is 5.90. The molecule has 5 rings (SSSR count). The summed E-state index contributed by atoms with van der Waals surface area (Å²) in [5, 5.41) is 4.23. The highest BCUT2D eigenvalue weighted by Gasteiger charge is 2.42. The summed E-state index contributed by atoms with van der Waals surface area (Å²) in [7, 11) is 1.68. The molecule has 1 fully saturated rings. The van der Waals surface area contributed by atoms with Crippen LogP contribution in [0, 0.1) is 13.8 Å². The molecule has 3 heterocycles. The lowest BCUT2D eigenvalue weighted by atomic mass is 9.96. The fourth-order valence-corrected chi connectivity index (χ4v) is 5.38. The fourth-order valence-electron chi connectivity index (χ4n) is 5.03. The number of nitrogens with zero attached hydrogens (tertiary/aromatic N) is 3. The number of rotatable bonds is 7. The molecule has 4 aromatic rings. The second kappa shape index (κ2) is 10.0. The molecule has 2 aromatic carbocycles.